The van der Waals surface area contributed by atoms with E-state index in [0.29, 0.717) is 19.3 Å². The van der Waals surface area contributed by atoms with Gasteiger partial charge in [-0.1, -0.05) is 0 Å². The highest BCUT2D eigenvalue weighted by Gasteiger charge is 2.43. The first kappa shape index (κ1) is 15.1. The number of likely N-dealkylation sites (tertiary alicyclic amines) is 1. The molecule has 4 nitrogen and oxygen atoms in total. The van der Waals surface area contributed by atoms with Crippen LogP contribution >= 0.6 is 0 Å². The molecular weight excluding hydrogens is 275 g/mol. The van der Waals surface area contributed by atoms with Crippen molar-refractivity contribution in [3.05, 3.63) is 0 Å². The molecule has 2 rings (SSSR count). The van der Waals surface area contributed by atoms with Crippen LogP contribution in [0, 0.1) is 17.8 Å². The van der Waals surface area contributed by atoms with Gasteiger partial charge in [0.15, 0.2) is 0 Å². The smallest absolute Gasteiger partial charge is 0.391 e. The van der Waals surface area contributed by atoms with Crippen LogP contribution < -0.4 is 0 Å². The van der Waals surface area contributed by atoms with E-state index < -0.39 is 24.0 Å². The number of hydrogen-bond donors (Lipinski definition) is 1. The summed E-state index contributed by atoms with van der Waals surface area (Å²) in [5.41, 5.74) is 0. The first-order chi connectivity index (χ1) is 9.29. The fourth-order valence-electron chi connectivity index (χ4n) is 3.12. The predicted molar refractivity (Wildman–Crippen MR) is 63.8 cm³/mol. The molecule has 2 aliphatic rings. The van der Waals surface area contributed by atoms with Crippen molar-refractivity contribution in [3.63, 3.8) is 0 Å². The van der Waals surface area contributed by atoms with Crippen molar-refractivity contribution in [2.45, 2.75) is 38.3 Å². The summed E-state index contributed by atoms with van der Waals surface area (Å²) in [7, 11) is 0. The second-order valence-corrected chi connectivity index (χ2v) is 5.69. The van der Waals surface area contributed by atoms with Gasteiger partial charge in [0.2, 0.25) is 5.91 Å². The molecule has 1 saturated heterocycles. The number of carbonyl (C=O) groups is 2. The Balaban J connectivity index is 1.85. The van der Waals surface area contributed by atoms with E-state index in [0.717, 1.165) is 0 Å². The predicted octanol–water partition coefficient (Wildman–Crippen LogP) is 2.29. The highest BCUT2D eigenvalue weighted by Crippen LogP contribution is 2.36. The number of halogens is 3. The number of carboxylic acid groups (broad SMARTS) is 1. The molecular formula is C13H18F3NO3. The third-order valence-electron chi connectivity index (χ3n) is 4.40. The lowest BCUT2D eigenvalue weighted by Crippen LogP contribution is -2.44. The number of amides is 1. The van der Waals surface area contributed by atoms with Gasteiger partial charge in [-0.2, -0.15) is 13.2 Å². The van der Waals surface area contributed by atoms with E-state index in [2.05, 4.69) is 0 Å². The topological polar surface area (TPSA) is 57.6 Å². The zero-order valence-corrected chi connectivity index (χ0v) is 11.0. The van der Waals surface area contributed by atoms with Crippen molar-refractivity contribution in [2.75, 3.05) is 13.1 Å². The molecule has 0 aromatic carbocycles. The van der Waals surface area contributed by atoms with Gasteiger partial charge in [-0.05, 0) is 32.1 Å². The number of carboxylic acids is 1. The van der Waals surface area contributed by atoms with Crippen molar-refractivity contribution in [2.24, 2.45) is 17.8 Å². The fraction of sp³-hybridized carbons (Fsp3) is 0.846. The van der Waals surface area contributed by atoms with E-state index in [-0.39, 0.29) is 37.8 Å². The number of piperidine rings is 1. The van der Waals surface area contributed by atoms with Crippen LogP contribution in [0.1, 0.15) is 32.1 Å². The summed E-state index contributed by atoms with van der Waals surface area (Å²) in [6.45, 7) is 0.245. The lowest BCUT2D eigenvalue weighted by molar-refractivity contribution is -0.187. The molecule has 1 aliphatic carbocycles. The van der Waals surface area contributed by atoms with E-state index >= 15 is 0 Å². The van der Waals surface area contributed by atoms with Gasteiger partial charge in [-0.3, -0.25) is 9.59 Å². The van der Waals surface area contributed by atoms with Gasteiger partial charge in [-0.25, -0.2) is 0 Å². The van der Waals surface area contributed by atoms with Gasteiger partial charge in [-0.15, -0.1) is 0 Å². The SMILES string of the molecule is O=C(O)C1CCC(C(=O)N2CCC(C(F)(F)F)CC2)C1. The fourth-order valence-corrected chi connectivity index (χ4v) is 3.12. The number of nitrogens with zero attached hydrogens (tertiary/aromatic N) is 1. The summed E-state index contributed by atoms with van der Waals surface area (Å²) in [5.74, 6) is -3.21. The van der Waals surface area contributed by atoms with Crippen molar-refractivity contribution in [3.8, 4) is 0 Å². The molecule has 1 amide bonds. The molecule has 0 radical (unpaired) electrons. The highest BCUT2D eigenvalue weighted by molar-refractivity contribution is 5.81. The van der Waals surface area contributed by atoms with Gasteiger partial charge in [0.25, 0.3) is 0 Å². The van der Waals surface area contributed by atoms with Crippen molar-refractivity contribution in [1.29, 1.82) is 0 Å². The average molecular weight is 293 g/mol. The first-order valence-electron chi connectivity index (χ1n) is 6.87. The zero-order valence-electron chi connectivity index (χ0n) is 11.0. The van der Waals surface area contributed by atoms with E-state index in [1.54, 1.807) is 0 Å². The van der Waals surface area contributed by atoms with Crippen LogP contribution in [0.15, 0.2) is 0 Å². The van der Waals surface area contributed by atoms with Crippen LogP contribution in [0.5, 0.6) is 0 Å². The Kier molecular flexibility index (Phi) is 4.25. The molecule has 1 N–H and O–H groups in total. The molecule has 0 aromatic rings. The van der Waals surface area contributed by atoms with Crippen LogP contribution in [0.2, 0.25) is 0 Å². The van der Waals surface area contributed by atoms with Crippen LogP contribution in [-0.2, 0) is 9.59 Å². The van der Waals surface area contributed by atoms with Crippen LogP contribution in [0.25, 0.3) is 0 Å². The van der Waals surface area contributed by atoms with E-state index in [1.165, 1.54) is 4.90 Å². The average Bonchev–Trinajstić information content (AvgIpc) is 2.86. The maximum Gasteiger partial charge on any atom is 0.391 e. The molecule has 20 heavy (non-hydrogen) atoms. The molecule has 1 aliphatic heterocycles. The lowest BCUT2D eigenvalue weighted by atomic mass is 9.94. The summed E-state index contributed by atoms with van der Waals surface area (Å²) in [6, 6.07) is 0. The number of alkyl halides is 3. The summed E-state index contributed by atoms with van der Waals surface area (Å²) >= 11 is 0. The number of rotatable bonds is 2. The summed E-state index contributed by atoms with van der Waals surface area (Å²) < 4.78 is 37.6. The van der Waals surface area contributed by atoms with Crippen LogP contribution in [-0.4, -0.2) is 41.1 Å². The Morgan fingerprint density at radius 3 is 2.00 bits per heavy atom. The minimum Gasteiger partial charge on any atom is -0.481 e. The summed E-state index contributed by atoms with van der Waals surface area (Å²) in [4.78, 5) is 24.5. The molecule has 2 fully saturated rings. The molecule has 7 heteroatoms. The van der Waals surface area contributed by atoms with Gasteiger partial charge in [0.1, 0.15) is 0 Å². The van der Waals surface area contributed by atoms with Gasteiger partial charge >= 0.3 is 12.1 Å². The molecule has 0 aromatic heterocycles. The standard InChI is InChI=1S/C13H18F3NO3/c14-13(15,16)10-3-5-17(6-4-10)11(18)8-1-2-9(7-8)12(19)20/h8-10H,1-7H2,(H,19,20). The summed E-state index contributed by atoms with van der Waals surface area (Å²) in [6.07, 6.45) is -2.97. The van der Waals surface area contributed by atoms with Crippen molar-refractivity contribution < 1.29 is 27.9 Å². The summed E-state index contributed by atoms with van der Waals surface area (Å²) in [5, 5.41) is 8.90. The third-order valence-corrected chi connectivity index (χ3v) is 4.40. The van der Waals surface area contributed by atoms with E-state index in [1.807, 2.05) is 0 Å². The zero-order chi connectivity index (χ0) is 14.9. The minimum atomic E-state index is -4.18. The Hall–Kier alpha value is -1.27. The van der Waals surface area contributed by atoms with Crippen LogP contribution in [0.3, 0.4) is 0 Å². The Morgan fingerprint density at radius 1 is 1.00 bits per heavy atom. The van der Waals surface area contributed by atoms with Gasteiger partial charge in [0.05, 0.1) is 11.8 Å². The largest absolute Gasteiger partial charge is 0.481 e. The second kappa shape index (κ2) is 5.61. The minimum absolute atomic E-state index is 0.0513. The normalized spacial score (nSPS) is 28.6. The van der Waals surface area contributed by atoms with Crippen molar-refractivity contribution in [1.82, 2.24) is 4.90 Å². The van der Waals surface area contributed by atoms with Crippen molar-refractivity contribution >= 4 is 11.9 Å². The molecule has 1 heterocycles. The monoisotopic (exact) mass is 293 g/mol. The molecule has 114 valence electrons. The number of hydrogen-bond acceptors (Lipinski definition) is 2. The molecule has 2 unspecified atom stereocenters. The maximum atomic E-state index is 12.5. The number of carbonyl (C=O) groups excluding carboxylic acids is 1. The molecule has 0 spiro atoms. The van der Waals surface area contributed by atoms with Gasteiger partial charge in [0, 0.05) is 19.0 Å². The number of aliphatic carboxylic acids is 1. The quantitative estimate of drug-likeness (QED) is 0.850. The first-order valence-corrected chi connectivity index (χ1v) is 6.87. The Morgan fingerprint density at radius 2 is 1.55 bits per heavy atom. The molecule has 0 bridgehead atoms. The van der Waals surface area contributed by atoms with Gasteiger partial charge < -0.3 is 10.0 Å². The molecule has 2 atom stereocenters. The Bertz CT molecular complexity index is 389. The Labute approximate surface area is 114 Å². The molecule has 1 saturated carbocycles. The lowest BCUT2D eigenvalue weighted by Gasteiger charge is -2.34. The van der Waals surface area contributed by atoms with Crippen LogP contribution in [0.4, 0.5) is 13.2 Å². The second-order valence-electron chi connectivity index (χ2n) is 5.69. The van der Waals surface area contributed by atoms with E-state index in [4.69, 9.17) is 5.11 Å². The van der Waals surface area contributed by atoms with E-state index in [9.17, 15) is 22.8 Å². The third kappa shape index (κ3) is 3.24. The maximum absolute atomic E-state index is 12.5. The highest BCUT2D eigenvalue weighted by atomic mass is 19.4.